The molecule has 0 saturated carbocycles. The van der Waals surface area contributed by atoms with Crippen LogP contribution in [0.5, 0.6) is 0 Å². The molecule has 0 saturated heterocycles. The lowest BCUT2D eigenvalue weighted by atomic mass is 10.1. The number of benzene rings is 1. The van der Waals surface area contributed by atoms with Crippen LogP contribution in [0.15, 0.2) is 29.2 Å². The molecular formula is C14H22N2O4S. The Labute approximate surface area is 125 Å². The van der Waals surface area contributed by atoms with Gasteiger partial charge >= 0.3 is 0 Å². The van der Waals surface area contributed by atoms with Crippen LogP contribution >= 0.6 is 0 Å². The van der Waals surface area contributed by atoms with Gasteiger partial charge in [-0.05, 0) is 31.4 Å². The van der Waals surface area contributed by atoms with E-state index in [4.69, 9.17) is 5.21 Å². The molecule has 1 aromatic carbocycles. The van der Waals surface area contributed by atoms with E-state index in [1.165, 1.54) is 17.6 Å². The van der Waals surface area contributed by atoms with Crippen LogP contribution in [-0.4, -0.2) is 36.9 Å². The highest BCUT2D eigenvalue weighted by Gasteiger charge is 2.26. The van der Waals surface area contributed by atoms with Crippen molar-refractivity contribution in [3.8, 4) is 0 Å². The first-order valence-electron chi connectivity index (χ1n) is 6.77. The molecule has 0 aliphatic carbocycles. The Kier molecular flexibility index (Phi) is 6.32. The fourth-order valence-corrected chi connectivity index (χ4v) is 3.15. The van der Waals surface area contributed by atoms with E-state index in [1.54, 1.807) is 12.1 Å². The van der Waals surface area contributed by atoms with Crippen molar-refractivity contribution in [2.75, 3.05) is 13.1 Å². The Morgan fingerprint density at radius 3 is 2.33 bits per heavy atom. The Hall–Kier alpha value is -1.44. The lowest BCUT2D eigenvalue weighted by Crippen LogP contribution is -2.40. The van der Waals surface area contributed by atoms with Crippen molar-refractivity contribution < 1.29 is 18.4 Å². The summed E-state index contributed by atoms with van der Waals surface area (Å²) >= 11 is 0. The minimum Gasteiger partial charge on any atom is -0.289 e. The summed E-state index contributed by atoms with van der Waals surface area (Å²) in [7, 11) is -3.76. The maximum absolute atomic E-state index is 12.6. The topological polar surface area (TPSA) is 86.7 Å². The number of hydroxylamine groups is 1. The molecule has 6 nitrogen and oxygen atoms in total. The molecule has 1 amide bonds. The molecule has 0 unspecified atom stereocenters. The molecule has 1 aromatic rings. The number of rotatable bonds is 7. The van der Waals surface area contributed by atoms with Crippen LogP contribution in [0.2, 0.25) is 0 Å². The molecule has 0 aromatic heterocycles. The second kappa shape index (κ2) is 7.53. The van der Waals surface area contributed by atoms with Crippen LogP contribution in [0.1, 0.15) is 25.8 Å². The number of hydrogen-bond acceptors (Lipinski definition) is 4. The van der Waals surface area contributed by atoms with Gasteiger partial charge in [0, 0.05) is 6.54 Å². The van der Waals surface area contributed by atoms with Crippen molar-refractivity contribution in [3.63, 3.8) is 0 Å². The Morgan fingerprint density at radius 1 is 1.29 bits per heavy atom. The van der Waals surface area contributed by atoms with Crippen LogP contribution in [-0.2, 0) is 14.8 Å². The molecule has 0 radical (unpaired) electrons. The summed E-state index contributed by atoms with van der Waals surface area (Å²) in [6.45, 7) is 5.64. The highest BCUT2D eigenvalue weighted by atomic mass is 32.2. The number of sulfonamides is 1. The summed E-state index contributed by atoms with van der Waals surface area (Å²) in [4.78, 5) is 11.5. The molecule has 0 bridgehead atoms. The van der Waals surface area contributed by atoms with Gasteiger partial charge in [-0.1, -0.05) is 31.5 Å². The van der Waals surface area contributed by atoms with Gasteiger partial charge < -0.3 is 0 Å². The molecule has 0 atom stereocenters. The van der Waals surface area contributed by atoms with Crippen LogP contribution in [0.4, 0.5) is 0 Å². The zero-order valence-electron chi connectivity index (χ0n) is 12.5. The molecule has 0 spiro atoms. The van der Waals surface area contributed by atoms with Crippen molar-refractivity contribution in [2.45, 2.75) is 32.1 Å². The average Bonchev–Trinajstić information content (AvgIpc) is 2.43. The smallest absolute Gasteiger partial charge is 0.258 e. The van der Waals surface area contributed by atoms with Gasteiger partial charge in [0.1, 0.15) is 0 Å². The molecule has 0 heterocycles. The number of aryl methyl sites for hydroxylation is 1. The predicted molar refractivity (Wildman–Crippen MR) is 79.3 cm³/mol. The first kappa shape index (κ1) is 17.6. The van der Waals surface area contributed by atoms with E-state index < -0.39 is 22.5 Å². The maximum Gasteiger partial charge on any atom is 0.258 e. The second-order valence-electron chi connectivity index (χ2n) is 5.37. The van der Waals surface area contributed by atoms with Crippen molar-refractivity contribution in [1.82, 2.24) is 9.79 Å². The minimum atomic E-state index is -3.76. The second-order valence-corrected chi connectivity index (χ2v) is 7.31. The molecule has 7 heteroatoms. The highest BCUT2D eigenvalue weighted by molar-refractivity contribution is 7.89. The summed E-state index contributed by atoms with van der Waals surface area (Å²) in [5.41, 5.74) is 2.43. The van der Waals surface area contributed by atoms with Crippen LogP contribution in [0.3, 0.4) is 0 Å². The van der Waals surface area contributed by atoms with Crippen molar-refractivity contribution in [1.29, 1.82) is 0 Å². The van der Waals surface area contributed by atoms with E-state index >= 15 is 0 Å². The Balaban J connectivity index is 3.03. The van der Waals surface area contributed by atoms with E-state index in [9.17, 15) is 13.2 Å². The quantitative estimate of drug-likeness (QED) is 0.590. The van der Waals surface area contributed by atoms with E-state index in [2.05, 4.69) is 0 Å². The highest BCUT2D eigenvalue weighted by Crippen LogP contribution is 2.17. The molecular weight excluding hydrogens is 292 g/mol. The number of nitrogens with one attached hydrogen (secondary N) is 1. The molecule has 21 heavy (non-hydrogen) atoms. The Morgan fingerprint density at radius 2 is 1.86 bits per heavy atom. The predicted octanol–water partition coefficient (Wildman–Crippen LogP) is 1.54. The number of hydrogen-bond donors (Lipinski definition) is 2. The first-order valence-corrected chi connectivity index (χ1v) is 8.21. The van der Waals surface area contributed by atoms with Gasteiger partial charge in [0.2, 0.25) is 10.0 Å². The monoisotopic (exact) mass is 314 g/mol. The first-order chi connectivity index (χ1) is 9.77. The fraction of sp³-hybridized carbons (Fsp3) is 0.500. The van der Waals surface area contributed by atoms with E-state index in [0.717, 1.165) is 9.87 Å². The lowest BCUT2D eigenvalue weighted by Gasteiger charge is -2.22. The van der Waals surface area contributed by atoms with Gasteiger partial charge in [0.05, 0.1) is 11.4 Å². The lowest BCUT2D eigenvalue weighted by molar-refractivity contribution is -0.129. The van der Waals surface area contributed by atoms with Gasteiger partial charge in [-0.3, -0.25) is 10.0 Å². The average molecular weight is 314 g/mol. The van der Waals surface area contributed by atoms with Gasteiger partial charge in [-0.2, -0.15) is 4.31 Å². The number of carbonyl (C=O) groups excluding carboxylic acids is 1. The molecule has 0 aliphatic rings. The molecule has 2 N–H and O–H groups in total. The molecule has 0 aliphatic heterocycles. The zero-order chi connectivity index (χ0) is 16.0. The summed E-state index contributed by atoms with van der Waals surface area (Å²) in [5, 5.41) is 8.61. The van der Waals surface area contributed by atoms with Crippen molar-refractivity contribution in [3.05, 3.63) is 29.8 Å². The maximum atomic E-state index is 12.6. The largest absolute Gasteiger partial charge is 0.289 e. The number of amides is 1. The SMILES string of the molecule is Cc1ccc(S(=O)(=O)N(CCC(C)C)CC(=O)NO)cc1. The number of nitrogens with zero attached hydrogens (tertiary/aromatic N) is 1. The van der Waals surface area contributed by atoms with Gasteiger partial charge in [-0.15, -0.1) is 0 Å². The van der Waals surface area contributed by atoms with E-state index in [0.29, 0.717) is 12.3 Å². The summed E-state index contributed by atoms with van der Waals surface area (Å²) in [5.74, 6) is -0.452. The Bertz CT molecular complexity index is 567. The molecule has 0 fully saturated rings. The third-order valence-corrected chi connectivity index (χ3v) is 4.92. The van der Waals surface area contributed by atoms with Crippen molar-refractivity contribution >= 4 is 15.9 Å². The minimum absolute atomic E-state index is 0.141. The van der Waals surface area contributed by atoms with Crippen molar-refractivity contribution in [2.24, 2.45) is 5.92 Å². The normalized spacial score (nSPS) is 11.9. The van der Waals surface area contributed by atoms with Gasteiger partial charge in [0.15, 0.2) is 0 Å². The molecule has 118 valence electrons. The fourth-order valence-electron chi connectivity index (χ4n) is 1.74. The van der Waals surface area contributed by atoms with Gasteiger partial charge in [0.25, 0.3) is 5.91 Å². The van der Waals surface area contributed by atoms with Gasteiger partial charge in [-0.25, -0.2) is 13.9 Å². The summed E-state index contributed by atoms with van der Waals surface area (Å²) in [6, 6.07) is 6.45. The molecule has 1 rings (SSSR count). The van der Waals surface area contributed by atoms with Crippen LogP contribution in [0, 0.1) is 12.8 Å². The number of carbonyl (C=O) groups is 1. The third-order valence-electron chi connectivity index (χ3n) is 3.06. The standard InChI is InChI=1S/C14H22N2O4S/c1-11(2)8-9-16(10-14(17)15-18)21(19,20)13-6-4-12(3)5-7-13/h4-7,11,18H,8-10H2,1-3H3,(H,15,17). The van der Waals surface area contributed by atoms with E-state index in [-0.39, 0.29) is 11.4 Å². The van der Waals surface area contributed by atoms with E-state index in [1.807, 2.05) is 20.8 Å². The van der Waals surface area contributed by atoms with Crippen LogP contribution < -0.4 is 5.48 Å². The summed E-state index contributed by atoms with van der Waals surface area (Å²) < 4.78 is 26.2. The zero-order valence-corrected chi connectivity index (χ0v) is 13.4. The third kappa shape index (κ3) is 5.11. The summed E-state index contributed by atoms with van der Waals surface area (Å²) in [6.07, 6.45) is 0.629. The van der Waals surface area contributed by atoms with Crippen LogP contribution in [0.25, 0.3) is 0 Å².